The molecule has 1 aliphatic rings. The predicted octanol–water partition coefficient (Wildman–Crippen LogP) is 7.99. The quantitative estimate of drug-likeness (QED) is 0.257. The van der Waals surface area contributed by atoms with Crippen molar-refractivity contribution < 1.29 is 22.4 Å². The van der Waals surface area contributed by atoms with E-state index >= 15 is 4.39 Å². The fourth-order valence-electron chi connectivity index (χ4n) is 3.85. The molecule has 1 fully saturated rings. The van der Waals surface area contributed by atoms with Gasteiger partial charge in [-0.15, -0.1) is 0 Å². The van der Waals surface area contributed by atoms with Gasteiger partial charge in [0.05, 0.1) is 12.9 Å². The number of imidazole rings is 1. The molecular weight excluding hydrogens is 572 g/mol. The molecular formula is C29H53FN4O4Si3. The number of hydrogen-bond donors (Lipinski definition) is 0. The molecule has 0 radical (unpaired) electrons. The summed E-state index contributed by atoms with van der Waals surface area (Å²) in [5.74, 6) is 0. The SMILES string of the molecule is CC(C)(C)[Si](C)(C)OC[C@H]1O[C@@H](n2cnc(C#N)c2C(F)C#N)[C@H](O[Si](C)(C)C(C)(C)C)[C@@H]1O[Si](C)(C)C(C)(C)C. The van der Waals surface area contributed by atoms with Crippen molar-refractivity contribution in [3.05, 3.63) is 17.7 Å². The van der Waals surface area contributed by atoms with Gasteiger partial charge in [-0.3, -0.25) is 0 Å². The third kappa shape index (κ3) is 7.58. The molecule has 0 bridgehead atoms. The molecule has 8 nitrogen and oxygen atoms in total. The van der Waals surface area contributed by atoms with Crippen LogP contribution in [0.3, 0.4) is 0 Å². The normalized spacial score (nSPS) is 23.8. The minimum Gasteiger partial charge on any atom is -0.414 e. The van der Waals surface area contributed by atoms with Gasteiger partial charge in [-0.25, -0.2) is 9.37 Å². The van der Waals surface area contributed by atoms with Gasteiger partial charge in [0.25, 0.3) is 0 Å². The lowest BCUT2D eigenvalue weighted by Crippen LogP contribution is -2.54. The Labute approximate surface area is 250 Å². The maximum absolute atomic E-state index is 15.1. The Balaban J connectivity index is 2.75. The maximum atomic E-state index is 15.1. The highest BCUT2D eigenvalue weighted by molar-refractivity contribution is 6.75. The smallest absolute Gasteiger partial charge is 0.228 e. The molecule has 1 saturated heterocycles. The van der Waals surface area contributed by atoms with Crippen molar-refractivity contribution in [1.82, 2.24) is 9.55 Å². The molecule has 2 rings (SSSR count). The highest BCUT2D eigenvalue weighted by atomic mass is 28.4. The largest absolute Gasteiger partial charge is 0.414 e. The van der Waals surface area contributed by atoms with E-state index in [0.717, 1.165) is 0 Å². The van der Waals surface area contributed by atoms with Gasteiger partial charge >= 0.3 is 0 Å². The van der Waals surface area contributed by atoms with Crippen LogP contribution in [0, 0.1) is 22.7 Å². The third-order valence-electron chi connectivity index (χ3n) is 9.74. The Morgan fingerprint density at radius 1 is 0.878 bits per heavy atom. The standard InChI is InChI=1S/C29H53FN4O4Si3/c1-27(2,3)39(10,11)35-18-22-24(37-40(12,13)28(4,5)6)25(38-41(14,15)29(7,8)9)26(36-22)34-19-33-21(17-32)23(34)20(30)16-31/h19-20,22,24-26H,18H2,1-15H3/t20?,22-,24-,25-,26-/m1/s1. The zero-order valence-electron chi connectivity index (χ0n) is 28.0. The number of alkyl halides is 1. The van der Waals surface area contributed by atoms with Gasteiger partial charge in [-0.1, -0.05) is 62.3 Å². The van der Waals surface area contributed by atoms with E-state index < -0.39 is 55.7 Å². The average Bonchev–Trinajstić information content (AvgIpc) is 3.36. The number of nitrogens with zero attached hydrogens (tertiary/aromatic N) is 4. The topological polar surface area (TPSA) is 102 Å². The fraction of sp³-hybridized carbons (Fsp3) is 0.828. The first-order valence-electron chi connectivity index (χ1n) is 14.5. The number of aromatic nitrogens is 2. The van der Waals surface area contributed by atoms with E-state index in [0.29, 0.717) is 0 Å². The minimum absolute atomic E-state index is 0.00864. The number of hydrogen-bond acceptors (Lipinski definition) is 7. The molecule has 1 aromatic heterocycles. The Bertz CT molecular complexity index is 1150. The summed E-state index contributed by atoms with van der Waals surface area (Å²) in [6, 6.07) is 3.56. The lowest BCUT2D eigenvalue weighted by molar-refractivity contribution is -0.0507. The van der Waals surface area contributed by atoms with Crippen molar-refractivity contribution >= 4 is 25.0 Å². The maximum Gasteiger partial charge on any atom is 0.228 e. The molecule has 0 spiro atoms. The second-order valence-corrected chi connectivity index (χ2v) is 30.1. The van der Waals surface area contributed by atoms with Gasteiger partial charge in [0.1, 0.15) is 36.1 Å². The molecule has 1 aliphatic heterocycles. The Kier molecular flexibility index (Phi) is 10.4. The highest BCUT2D eigenvalue weighted by Crippen LogP contribution is 2.47. The van der Waals surface area contributed by atoms with Crippen molar-refractivity contribution in [2.24, 2.45) is 0 Å². The second kappa shape index (κ2) is 11.9. The van der Waals surface area contributed by atoms with Gasteiger partial charge < -0.3 is 22.6 Å². The summed E-state index contributed by atoms with van der Waals surface area (Å²) >= 11 is 0. The Morgan fingerprint density at radius 2 is 1.34 bits per heavy atom. The molecule has 0 saturated carbocycles. The zero-order chi connectivity index (χ0) is 32.0. The van der Waals surface area contributed by atoms with Crippen LogP contribution in [-0.2, 0) is 18.0 Å². The molecule has 1 unspecified atom stereocenters. The van der Waals surface area contributed by atoms with Crippen LogP contribution in [-0.4, -0.2) is 59.4 Å². The van der Waals surface area contributed by atoms with E-state index in [1.165, 1.54) is 10.9 Å². The summed E-state index contributed by atoms with van der Waals surface area (Å²) in [7, 11) is -6.92. The van der Waals surface area contributed by atoms with Crippen LogP contribution < -0.4 is 0 Å². The molecule has 2 heterocycles. The van der Waals surface area contributed by atoms with Crippen LogP contribution in [0.25, 0.3) is 0 Å². The Morgan fingerprint density at radius 3 is 1.76 bits per heavy atom. The molecule has 5 atom stereocenters. The van der Waals surface area contributed by atoms with Crippen LogP contribution in [0.5, 0.6) is 0 Å². The van der Waals surface area contributed by atoms with E-state index in [2.05, 4.69) is 107 Å². The lowest BCUT2D eigenvalue weighted by Gasteiger charge is -2.44. The van der Waals surface area contributed by atoms with E-state index in [1.807, 2.05) is 6.07 Å². The van der Waals surface area contributed by atoms with Gasteiger partial charge in [-0.2, -0.15) is 10.5 Å². The molecule has 0 N–H and O–H groups in total. The number of rotatable bonds is 9. The van der Waals surface area contributed by atoms with Crippen LogP contribution in [0.2, 0.25) is 54.4 Å². The van der Waals surface area contributed by atoms with Gasteiger partial charge in [0.15, 0.2) is 36.9 Å². The van der Waals surface area contributed by atoms with E-state index in [4.69, 9.17) is 18.0 Å². The Hall–Kier alpha value is -1.39. The summed E-state index contributed by atoms with van der Waals surface area (Å²) in [5.41, 5.74) is -0.266. The molecule has 0 aromatic carbocycles. The zero-order valence-corrected chi connectivity index (χ0v) is 31.0. The first-order valence-corrected chi connectivity index (χ1v) is 23.2. The van der Waals surface area contributed by atoms with E-state index in [9.17, 15) is 10.5 Å². The predicted molar refractivity (Wildman–Crippen MR) is 168 cm³/mol. The van der Waals surface area contributed by atoms with Crippen LogP contribution in [0.15, 0.2) is 6.33 Å². The molecule has 12 heteroatoms. The molecule has 232 valence electrons. The van der Waals surface area contributed by atoms with E-state index in [-0.39, 0.29) is 33.1 Å². The number of ether oxygens (including phenoxy) is 1. The van der Waals surface area contributed by atoms with Crippen LogP contribution in [0.1, 0.15) is 86.1 Å². The van der Waals surface area contributed by atoms with Crippen molar-refractivity contribution in [3.63, 3.8) is 0 Å². The second-order valence-electron chi connectivity index (χ2n) is 15.8. The molecule has 0 aliphatic carbocycles. The summed E-state index contributed by atoms with van der Waals surface area (Å²) in [6.07, 6.45) is -3.19. The highest BCUT2D eigenvalue weighted by Gasteiger charge is 2.55. The summed E-state index contributed by atoms with van der Waals surface area (Å²) in [4.78, 5) is 4.14. The van der Waals surface area contributed by atoms with Crippen molar-refractivity contribution in [2.45, 2.75) is 147 Å². The molecule has 0 amide bonds. The van der Waals surface area contributed by atoms with Gasteiger partial charge in [0, 0.05) is 0 Å². The third-order valence-corrected chi connectivity index (χ3v) is 23.2. The fourth-order valence-corrected chi connectivity index (χ4v) is 7.46. The van der Waals surface area contributed by atoms with Crippen molar-refractivity contribution in [3.8, 4) is 12.1 Å². The van der Waals surface area contributed by atoms with Crippen LogP contribution in [0.4, 0.5) is 4.39 Å². The van der Waals surface area contributed by atoms with E-state index in [1.54, 1.807) is 6.07 Å². The molecule has 1 aromatic rings. The van der Waals surface area contributed by atoms with Crippen molar-refractivity contribution in [1.29, 1.82) is 10.5 Å². The summed E-state index contributed by atoms with van der Waals surface area (Å²) < 4.78 is 44.1. The lowest BCUT2D eigenvalue weighted by atomic mass is 10.1. The van der Waals surface area contributed by atoms with Crippen LogP contribution >= 0.6 is 0 Å². The average molecular weight is 625 g/mol. The summed E-state index contributed by atoms with van der Waals surface area (Å²) in [6.45, 7) is 33.0. The summed E-state index contributed by atoms with van der Waals surface area (Å²) in [5, 5.41) is 18.9. The number of nitriles is 2. The minimum atomic E-state index is -2.42. The van der Waals surface area contributed by atoms with Crippen molar-refractivity contribution in [2.75, 3.05) is 6.61 Å². The van der Waals surface area contributed by atoms with Gasteiger partial charge in [0.2, 0.25) is 6.17 Å². The monoisotopic (exact) mass is 624 g/mol. The van der Waals surface area contributed by atoms with Gasteiger partial charge in [-0.05, 0) is 54.4 Å². The number of halogens is 1. The molecule has 41 heavy (non-hydrogen) atoms. The first-order chi connectivity index (χ1) is 18.3. The first kappa shape index (κ1) is 35.8.